The van der Waals surface area contributed by atoms with Crippen LogP contribution in [-0.2, 0) is 10.0 Å². The Kier molecular flexibility index (Phi) is 4.85. The summed E-state index contributed by atoms with van der Waals surface area (Å²) >= 11 is 0. The third-order valence-electron chi connectivity index (χ3n) is 4.99. The number of pyridine rings is 1. The van der Waals surface area contributed by atoms with E-state index in [4.69, 9.17) is 5.73 Å². The molecule has 4 rings (SSSR count). The molecule has 0 bridgehead atoms. The van der Waals surface area contributed by atoms with Crippen LogP contribution >= 0.6 is 0 Å². The first-order valence-electron chi connectivity index (χ1n) is 9.10. The van der Waals surface area contributed by atoms with Crippen molar-refractivity contribution in [1.82, 2.24) is 9.29 Å². The maximum absolute atomic E-state index is 12.8. The molecule has 29 heavy (non-hydrogen) atoms. The molecule has 0 radical (unpaired) electrons. The molecular formula is C20H20N4O4S. The van der Waals surface area contributed by atoms with Crippen molar-refractivity contribution >= 4 is 38.4 Å². The monoisotopic (exact) mass is 412 g/mol. The molecule has 0 atom stereocenters. The van der Waals surface area contributed by atoms with Crippen molar-refractivity contribution in [2.45, 2.75) is 4.90 Å². The van der Waals surface area contributed by atoms with Crippen LogP contribution < -0.4 is 10.6 Å². The second-order valence-electron chi connectivity index (χ2n) is 6.82. The van der Waals surface area contributed by atoms with Crippen LogP contribution in [0.3, 0.4) is 0 Å². The number of carbonyl (C=O) groups is 1. The lowest BCUT2D eigenvalue weighted by Gasteiger charge is -2.35. The summed E-state index contributed by atoms with van der Waals surface area (Å²) < 4.78 is 27.1. The summed E-state index contributed by atoms with van der Waals surface area (Å²) in [6, 6.07) is 15.0. The molecule has 0 spiro atoms. The van der Waals surface area contributed by atoms with Gasteiger partial charge in [0.05, 0.1) is 10.4 Å². The van der Waals surface area contributed by atoms with E-state index in [2.05, 4.69) is 4.98 Å². The molecule has 2 aromatic carbocycles. The number of nitrogens with zero attached hydrogens (tertiary/aromatic N) is 3. The lowest BCUT2D eigenvalue weighted by Crippen LogP contribution is -2.49. The molecule has 1 aliphatic rings. The van der Waals surface area contributed by atoms with Gasteiger partial charge >= 0.3 is 5.97 Å². The molecule has 0 amide bonds. The fraction of sp³-hybridized carbons (Fsp3) is 0.200. The smallest absolute Gasteiger partial charge is 0.339 e. The van der Waals surface area contributed by atoms with E-state index in [0.29, 0.717) is 30.1 Å². The number of hydrogen-bond donors (Lipinski definition) is 2. The van der Waals surface area contributed by atoms with Crippen molar-refractivity contribution < 1.29 is 18.3 Å². The van der Waals surface area contributed by atoms with Gasteiger partial charge in [-0.15, -0.1) is 0 Å². The summed E-state index contributed by atoms with van der Waals surface area (Å²) in [6.07, 6.45) is 0. The first kappa shape index (κ1) is 19.2. The zero-order chi connectivity index (χ0) is 20.6. The Hall–Kier alpha value is -3.17. The highest BCUT2D eigenvalue weighted by molar-refractivity contribution is 7.89. The van der Waals surface area contributed by atoms with Crippen molar-refractivity contribution in [3.63, 3.8) is 0 Å². The van der Waals surface area contributed by atoms with Gasteiger partial charge in [-0.05, 0) is 36.4 Å². The van der Waals surface area contributed by atoms with Crippen molar-refractivity contribution in [2.75, 3.05) is 36.8 Å². The minimum Gasteiger partial charge on any atom is -0.478 e. The number of anilines is 2. The number of sulfonamides is 1. The van der Waals surface area contributed by atoms with Crippen LogP contribution in [0, 0.1) is 0 Å². The summed E-state index contributed by atoms with van der Waals surface area (Å²) in [4.78, 5) is 18.3. The Bertz CT molecular complexity index is 1170. The Morgan fingerprint density at radius 2 is 1.66 bits per heavy atom. The van der Waals surface area contributed by atoms with Crippen LogP contribution in [-0.4, -0.2) is 55.0 Å². The molecule has 8 nitrogen and oxygen atoms in total. The third kappa shape index (κ3) is 3.62. The van der Waals surface area contributed by atoms with Crippen molar-refractivity contribution in [1.29, 1.82) is 0 Å². The zero-order valence-corrected chi connectivity index (χ0v) is 16.3. The van der Waals surface area contributed by atoms with Gasteiger partial charge in [-0.2, -0.15) is 4.31 Å². The summed E-state index contributed by atoms with van der Waals surface area (Å²) in [7, 11) is -3.63. The van der Waals surface area contributed by atoms with Crippen LogP contribution in [0.4, 0.5) is 11.5 Å². The number of para-hydroxylation sites is 1. The molecule has 3 N–H and O–H groups in total. The van der Waals surface area contributed by atoms with Gasteiger partial charge in [0.2, 0.25) is 10.0 Å². The average molecular weight is 412 g/mol. The highest BCUT2D eigenvalue weighted by Gasteiger charge is 2.30. The molecule has 1 fully saturated rings. The summed E-state index contributed by atoms with van der Waals surface area (Å²) in [6.45, 7) is 1.17. The standard InChI is InChI=1S/C20H20N4O4S/c21-15-5-7-16(8-6-15)29(27,28)24-11-9-23(10-12-24)19-17(20(25)26)13-14-3-1-2-4-18(14)22-19/h1-8,13H,9-12,21H2,(H,25,26). The Labute approximate surface area is 168 Å². The Balaban J connectivity index is 1.59. The number of rotatable bonds is 4. The number of benzene rings is 2. The second kappa shape index (κ2) is 7.34. The summed E-state index contributed by atoms with van der Waals surface area (Å²) in [5.74, 6) is -0.698. The van der Waals surface area contributed by atoms with Crippen molar-refractivity contribution in [3.8, 4) is 0 Å². The normalized spacial score (nSPS) is 15.5. The number of hydrogen-bond acceptors (Lipinski definition) is 6. The van der Waals surface area contributed by atoms with Crippen LogP contribution in [0.15, 0.2) is 59.5 Å². The molecule has 150 valence electrons. The van der Waals surface area contributed by atoms with E-state index in [1.165, 1.54) is 16.4 Å². The van der Waals surface area contributed by atoms with Gasteiger partial charge < -0.3 is 15.7 Å². The minimum absolute atomic E-state index is 0.110. The van der Waals surface area contributed by atoms with E-state index in [1.807, 2.05) is 29.2 Å². The lowest BCUT2D eigenvalue weighted by atomic mass is 10.1. The SMILES string of the molecule is Nc1ccc(S(=O)(=O)N2CCN(c3nc4ccccc4cc3C(=O)O)CC2)cc1. The Morgan fingerprint density at radius 1 is 1.00 bits per heavy atom. The first-order chi connectivity index (χ1) is 13.9. The van der Waals surface area contributed by atoms with Gasteiger partial charge in [-0.25, -0.2) is 18.2 Å². The van der Waals surface area contributed by atoms with E-state index in [1.54, 1.807) is 18.2 Å². The Morgan fingerprint density at radius 3 is 2.31 bits per heavy atom. The molecule has 3 aromatic rings. The van der Waals surface area contributed by atoms with E-state index in [-0.39, 0.29) is 23.5 Å². The third-order valence-corrected chi connectivity index (χ3v) is 6.90. The van der Waals surface area contributed by atoms with Crippen molar-refractivity contribution in [3.05, 3.63) is 60.2 Å². The van der Waals surface area contributed by atoms with Crippen LogP contribution in [0.2, 0.25) is 0 Å². The fourth-order valence-electron chi connectivity index (χ4n) is 3.43. The number of piperazine rings is 1. The first-order valence-corrected chi connectivity index (χ1v) is 10.5. The average Bonchev–Trinajstić information content (AvgIpc) is 2.73. The number of aromatic nitrogens is 1. The molecule has 1 aromatic heterocycles. The van der Waals surface area contributed by atoms with E-state index >= 15 is 0 Å². The number of aromatic carboxylic acids is 1. The van der Waals surface area contributed by atoms with Gasteiger partial charge in [-0.1, -0.05) is 18.2 Å². The molecule has 2 heterocycles. The van der Waals surface area contributed by atoms with E-state index in [9.17, 15) is 18.3 Å². The molecule has 1 saturated heterocycles. The maximum atomic E-state index is 12.8. The fourth-order valence-corrected chi connectivity index (χ4v) is 4.86. The van der Waals surface area contributed by atoms with Gasteiger partial charge in [0.1, 0.15) is 11.4 Å². The summed E-state index contributed by atoms with van der Waals surface area (Å²) in [5.41, 5.74) is 6.94. The quantitative estimate of drug-likeness (QED) is 0.630. The molecule has 9 heteroatoms. The predicted octanol–water partition coefficient (Wildman–Crippen LogP) is 2.03. The minimum atomic E-state index is -3.63. The number of nitrogens with two attached hydrogens (primary N) is 1. The molecule has 0 unspecified atom stereocenters. The van der Waals surface area contributed by atoms with Crippen LogP contribution in [0.25, 0.3) is 10.9 Å². The zero-order valence-electron chi connectivity index (χ0n) is 15.5. The molecule has 1 aliphatic heterocycles. The predicted molar refractivity (Wildman–Crippen MR) is 111 cm³/mol. The second-order valence-corrected chi connectivity index (χ2v) is 8.76. The number of fused-ring (bicyclic) bond motifs is 1. The lowest BCUT2D eigenvalue weighted by molar-refractivity contribution is 0.0697. The number of carboxylic acid groups (broad SMARTS) is 1. The van der Waals surface area contributed by atoms with E-state index in [0.717, 1.165) is 5.39 Å². The van der Waals surface area contributed by atoms with Crippen LogP contribution in [0.1, 0.15) is 10.4 Å². The number of nitrogen functional groups attached to an aromatic ring is 1. The topological polar surface area (TPSA) is 117 Å². The van der Waals surface area contributed by atoms with Gasteiger partial charge in [0.25, 0.3) is 0 Å². The van der Waals surface area contributed by atoms with Crippen LogP contribution in [0.5, 0.6) is 0 Å². The highest BCUT2D eigenvalue weighted by Crippen LogP contribution is 2.26. The molecule has 0 saturated carbocycles. The largest absolute Gasteiger partial charge is 0.478 e. The number of carboxylic acids is 1. The van der Waals surface area contributed by atoms with Crippen molar-refractivity contribution in [2.24, 2.45) is 0 Å². The molecule has 0 aliphatic carbocycles. The van der Waals surface area contributed by atoms with E-state index < -0.39 is 16.0 Å². The molecular weight excluding hydrogens is 392 g/mol. The highest BCUT2D eigenvalue weighted by atomic mass is 32.2. The van der Waals surface area contributed by atoms with Gasteiger partial charge in [-0.3, -0.25) is 0 Å². The van der Waals surface area contributed by atoms with Gasteiger partial charge in [0.15, 0.2) is 0 Å². The summed E-state index contributed by atoms with van der Waals surface area (Å²) in [5, 5.41) is 10.4. The maximum Gasteiger partial charge on any atom is 0.339 e. The van der Waals surface area contributed by atoms with Gasteiger partial charge in [0, 0.05) is 37.3 Å².